The zero-order valence-corrected chi connectivity index (χ0v) is 21.0. The van der Waals surface area contributed by atoms with Crippen LogP contribution in [0.1, 0.15) is 51.0 Å². The lowest BCUT2D eigenvalue weighted by Crippen LogP contribution is -2.49. The highest BCUT2D eigenvalue weighted by atomic mass is 19.1. The van der Waals surface area contributed by atoms with Crippen LogP contribution in [0.3, 0.4) is 0 Å². The maximum Gasteiger partial charge on any atom is 0.227 e. The molecule has 194 valence electrons. The van der Waals surface area contributed by atoms with E-state index in [1.807, 2.05) is 0 Å². The number of aromatic nitrogens is 2. The highest BCUT2D eigenvalue weighted by molar-refractivity contribution is 5.74. The van der Waals surface area contributed by atoms with Crippen molar-refractivity contribution in [2.24, 2.45) is 0 Å². The van der Waals surface area contributed by atoms with Crippen molar-refractivity contribution < 1.29 is 17.9 Å². The Bertz CT molecular complexity index is 1340. The highest BCUT2D eigenvalue weighted by Crippen LogP contribution is 2.53. The summed E-state index contributed by atoms with van der Waals surface area (Å²) in [7, 11) is 0. The maximum absolute atomic E-state index is 15.2. The Hall–Kier alpha value is -3.33. The fraction of sp³-hybridized carbons (Fsp3) is 0.429. The van der Waals surface area contributed by atoms with Crippen molar-refractivity contribution in [3.05, 3.63) is 59.5 Å². The van der Waals surface area contributed by atoms with Gasteiger partial charge in [-0.05, 0) is 88.4 Å². The molecule has 1 saturated heterocycles. The van der Waals surface area contributed by atoms with E-state index in [1.54, 1.807) is 18.2 Å². The molecule has 9 heteroatoms. The van der Waals surface area contributed by atoms with Gasteiger partial charge in [0.05, 0.1) is 17.4 Å². The number of hydrogen-bond donors (Lipinski definition) is 2. The quantitative estimate of drug-likeness (QED) is 0.446. The molecule has 1 aromatic heterocycles. The van der Waals surface area contributed by atoms with E-state index in [2.05, 4.69) is 39.3 Å². The Kier molecular flexibility index (Phi) is 5.98. The van der Waals surface area contributed by atoms with E-state index < -0.39 is 11.6 Å². The topological polar surface area (TPSA) is 62.3 Å². The molecule has 6 rings (SSSR count). The number of piperidine rings is 1. The number of nitrogens with one attached hydrogen (secondary N) is 2. The minimum atomic E-state index is -0.675. The number of rotatable bonds is 5. The van der Waals surface area contributed by atoms with Gasteiger partial charge in [0.15, 0.2) is 17.4 Å². The van der Waals surface area contributed by atoms with Gasteiger partial charge < -0.3 is 20.3 Å². The van der Waals surface area contributed by atoms with Crippen LogP contribution in [0, 0.1) is 17.5 Å². The van der Waals surface area contributed by atoms with Crippen molar-refractivity contribution >= 4 is 17.3 Å². The zero-order chi connectivity index (χ0) is 25.7. The number of fused-ring (bicyclic) bond motifs is 1. The monoisotopic (exact) mass is 509 g/mol. The minimum absolute atomic E-state index is 0.0369. The van der Waals surface area contributed by atoms with Crippen molar-refractivity contribution in [1.29, 1.82) is 0 Å². The van der Waals surface area contributed by atoms with Crippen LogP contribution in [-0.4, -0.2) is 41.2 Å². The average molecular weight is 510 g/mol. The van der Waals surface area contributed by atoms with Crippen LogP contribution in [0.4, 0.5) is 30.5 Å². The fourth-order valence-corrected chi connectivity index (χ4v) is 5.75. The Balaban J connectivity index is 1.31. The summed E-state index contributed by atoms with van der Waals surface area (Å²) in [6, 6.07) is 8.07. The third-order valence-electron chi connectivity index (χ3n) is 7.68. The summed E-state index contributed by atoms with van der Waals surface area (Å²) >= 11 is 0. The second-order valence-electron chi connectivity index (χ2n) is 10.6. The molecule has 3 aromatic rings. The first-order valence-corrected chi connectivity index (χ1v) is 12.9. The van der Waals surface area contributed by atoms with Crippen molar-refractivity contribution in [2.45, 2.75) is 57.0 Å². The number of anilines is 3. The van der Waals surface area contributed by atoms with Gasteiger partial charge in [-0.3, -0.25) is 0 Å². The van der Waals surface area contributed by atoms with Gasteiger partial charge in [0, 0.05) is 17.3 Å². The Morgan fingerprint density at radius 3 is 2.54 bits per heavy atom. The molecule has 0 radical (unpaired) electrons. The van der Waals surface area contributed by atoms with Gasteiger partial charge in [0.2, 0.25) is 5.95 Å². The third kappa shape index (κ3) is 4.39. The number of halogens is 3. The van der Waals surface area contributed by atoms with E-state index in [0.717, 1.165) is 45.0 Å². The summed E-state index contributed by atoms with van der Waals surface area (Å²) in [5.41, 5.74) is 1.88. The van der Waals surface area contributed by atoms with Gasteiger partial charge in [-0.1, -0.05) is 6.07 Å². The van der Waals surface area contributed by atoms with Crippen molar-refractivity contribution in [3.63, 3.8) is 0 Å². The van der Waals surface area contributed by atoms with Crippen LogP contribution in [0.5, 0.6) is 5.75 Å². The Morgan fingerprint density at radius 2 is 1.84 bits per heavy atom. The normalized spacial score (nSPS) is 18.6. The largest absolute Gasteiger partial charge is 0.486 e. The molecule has 1 aliphatic carbocycles. The van der Waals surface area contributed by atoms with E-state index in [9.17, 15) is 8.78 Å². The van der Waals surface area contributed by atoms with Gasteiger partial charge in [0.1, 0.15) is 18.1 Å². The van der Waals surface area contributed by atoms with Crippen LogP contribution in [0.2, 0.25) is 0 Å². The second-order valence-corrected chi connectivity index (χ2v) is 10.6. The van der Waals surface area contributed by atoms with E-state index in [4.69, 9.17) is 4.74 Å². The van der Waals surface area contributed by atoms with Gasteiger partial charge >= 0.3 is 0 Å². The van der Waals surface area contributed by atoms with E-state index in [1.165, 1.54) is 12.1 Å². The van der Waals surface area contributed by atoms with Crippen LogP contribution >= 0.6 is 0 Å². The molecule has 1 saturated carbocycles. The second kappa shape index (κ2) is 9.20. The Morgan fingerprint density at radius 1 is 1.05 bits per heavy atom. The molecular formula is C28H30F3N5O. The minimum Gasteiger partial charge on any atom is -0.486 e. The molecule has 3 aliphatic rings. The smallest absolute Gasteiger partial charge is 0.227 e. The molecule has 0 bridgehead atoms. The molecule has 0 unspecified atom stereocenters. The SMILES string of the molecule is CC(C)N1c2cc(-c3nc(Nc4ccc(C5CCNCC5)c(F)c4)ncc3F)cc(F)c2OCC12CC2. The van der Waals surface area contributed by atoms with Crippen molar-refractivity contribution in [1.82, 2.24) is 15.3 Å². The summed E-state index contributed by atoms with van der Waals surface area (Å²) in [5, 5.41) is 6.26. The standard InChI is InChI=1S/C28H30F3N5O/c1-16(2)36-24-12-18(11-22(30)26(24)37-15-28(36)7-8-28)25-23(31)14-33-27(35-25)34-19-3-4-20(21(29)13-19)17-5-9-32-10-6-17/h3-4,11-14,16-17,32H,5-10,15H2,1-2H3,(H,33,34,35). The first-order chi connectivity index (χ1) is 17.8. The predicted molar refractivity (Wildman–Crippen MR) is 137 cm³/mol. The zero-order valence-electron chi connectivity index (χ0n) is 21.0. The first-order valence-electron chi connectivity index (χ1n) is 12.9. The Labute approximate surface area is 214 Å². The lowest BCUT2D eigenvalue weighted by molar-refractivity contribution is 0.234. The summed E-state index contributed by atoms with van der Waals surface area (Å²) in [6.07, 6.45) is 4.78. The average Bonchev–Trinajstić information content (AvgIpc) is 3.64. The van der Waals surface area contributed by atoms with E-state index >= 15 is 4.39 Å². The molecule has 2 N–H and O–H groups in total. The van der Waals surface area contributed by atoms with Gasteiger partial charge in [-0.25, -0.2) is 23.1 Å². The molecule has 0 atom stereocenters. The fourth-order valence-electron chi connectivity index (χ4n) is 5.75. The van der Waals surface area contributed by atoms with Gasteiger partial charge in [0.25, 0.3) is 0 Å². The first kappa shape index (κ1) is 24.0. The van der Waals surface area contributed by atoms with Gasteiger partial charge in [-0.15, -0.1) is 0 Å². The summed E-state index contributed by atoms with van der Waals surface area (Å²) in [5.74, 6) is -1.06. The van der Waals surface area contributed by atoms with Crippen LogP contribution in [-0.2, 0) is 0 Å². The third-order valence-corrected chi connectivity index (χ3v) is 7.68. The molecule has 2 fully saturated rings. The predicted octanol–water partition coefficient (Wildman–Crippen LogP) is 5.91. The number of benzene rings is 2. The number of ether oxygens (including phenoxy) is 1. The lowest BCUT2D eigenvalue weighted by Gasteiger charge is -2.42. The summed E-state index contributed by atoms with van der Waals surface area (Å²) in [4.78, 5) is 10.6. The summed E-state index contributed by atoms with van der Waals surface area (Å²) in [6.45, 7) is 6.31. The summed E-state index contributed by atoms with van der Waals surface area (Å²) < 4.78 is 50.8. The molecule has 2 aliphatic heterocycles. The number of hydrogen-bond acceptors (Lipinski definition) is 6. The van der Waals surface area contributed by atoms with Crippen LogP contribution in [0.25, 0.3) is 11.3 Å². The number of nitrogens with zero attached hydrogens (tertiary/aromatic N) is 3. The van der Waals surface area contributed by atoms with Crippen LogP contribution < -0.4 is 20.3 Å². The lowest BCUT2D eigenvalue weighted by atomic mass is 9.90. The molecule has 0 amide bonds. The van der Waals surface area contributed by atoms with E-state index in [-0.39, 0.29) is 40.7 Å². The maximum atomic E-state index is 15.2. The van der Waals surface area contributed by atoms with Crippen LogP contribution in [0.15, 0.2) is 36.5 Å². The molecule has 6 nitrogen and oxygen atoms in total. The molecule has 2 aromatic carbocycles. The van der Waals surface area contributed by atoms with Gasteiger partial charge in [-0.2, -0.15) is 0 Å². The molecule has 1 spiro atoms. The van der Waals surface area contributed by atoms with Crippen molar-refractivity contribution in [3.8, 4) is 17.0 Å². The van der Waals surface area contributed by atoms with Crippen molar-refractivity contribution in [2.75, 3.05) is 29.9 Å². The molecule has 37 heavy (non-hydrogen) atoms. The molecule has 3 heterocycles. The van der Waals surface area contributed by atoms with E-state index in [0.29, 0.717) is 29.1 Å². The highest BCUT2D eigenvalue weighted by Gasteiger charge is 2.53. The molecular weight excluding hydrogens is 479 g/mol.